The third-order valence-corrected chi connectivity index (χ3v) is 3.64. The fourth-order valence-electron chi connectivity index (χ4n) is 2.26. The van der Waals surface area contributed by atoms with E-state index in [-0.39, 0.29) is 23.5 Å². The molecule has 6 nitrogen and oxygen atoms in total. The average Bonchev–Trinajstić information content (AvgIpc) is 2.44. The number of Topliss-reactive ketones (excluding diaryl/α,β-unsaturated/α-hetero) is 1. The summed E-state index contributed by atoms with van der Waals surface area (Å²) in [6.45, 7) is 3.50. The lowest BCUT2D eigenvalue weighted by Gasteiger charge is -2.28. The minimum atomic E-state index is -1.05. The maximum absolute atomic E-state index is 12.6. The topological polar surface area (TPSA) is 97.5 Å². The number of hydrogen-bond donors (Lipinski definition) is 1. The molecule has 0 saturated carbocycles. The Balaban J connectivity index is 3.22. The van der Waals surface area contributed by atoms with Crippen LogP contribution in [0.15, 0.2) is 24.3 Å². The first-order valence-electron chi connectivity index (χ1n) is 6.37. The van der Waals surface area contributed by atoms with E-state index in [2.05, 4.69) is 0 Å². The predicted octanol–water partition coefficient (Wildman–Crippen LogP) is 3.06. The summed E-state index contributed by atoms with van der Waals surface area (Å²) in [5, 5.41) is 19.7. The lowest BCUT2D eigenvalue weighted by atomic mass is 9.73. The maximum atomic E-state index is 12.6. The normalized spacial score (nSPS) is 11.1. The van der Waals surface area contributed by atoms with Crippen LogP contribution >= 0.6 is 0 Å². The summed E-state index contributed by atoms with van der Waals surface area (Å²) < 4.78 is 0. The van der Waals surface area contributed by atoms with Crippen LogP contribution in [0.4, 0.5) is 5.69 Å². The highest BCUT2D eigenvalue weighted by Crippen LogP contribution is 2.35. The van der Waals surface area contributed by atoms with Gasteiger partial charge in [-0.2, -0.15) is 0 Å². The van der Waals surface area contributed by atoms with Gasteiger partial charge in [0.05, 0.1) is 11.3 Å². The quantitative estimate of drug-likeness (QED) is 0.470. The van der Waals surface area contributed by atoms with Gasteiger partial charge < -0.3 is 5.11 Å². The van der Waals surface area contributed by atoms with Crippen LogP contribution in [0.2, 0.25) is 0 Å². The van der Waals surface area contributed by atoms with Crippen molar-refractivity contribution in [1.82, 2.24) is 0 Å². The Bertz CT molecular complexity index is 534. The van der Waals surface area contributed by atoms with Crippen molar-refractivity contribution in [3.05, 3.63) is 39.9 Å². The summed E-state index contributed by atoms with van der Waals surface area (Å²) in [5.74, 6) is -1.40. The number of carbonyl (C=O) groups excluding carboxylic acids is 1. The van der Waals surface area contributed by atoms with E-state index in [0.717, 1.165) is 0 Å². The fourth-order valence-corrected chi connectivity index (χ4v) is 2.26. The predicted molar refractivity (Wildman–Crippen MR) is 72.7 cm³/mol. The molecule has 0 aliphatic rings. The van der Waals surface area contributed by atoms with Crippen molar-refractivity contribution >= 4 is 17.4 Å². The Morgan fingerprint density at radius 2 is 1.90 bits per heavy atom. The number of benzene rings is 1. The van der Waals surface area contributed by atoms with Crippen molar-refractivity contribution in [3.8, 4) is 0 Å². The molecule has 0 radical (unpaired) electrons. The number of rotatable bonds is 7. The molecule has 1 rings (SSSR count). The third-order valence-electron chi connectivity index (χ3n) is 3.64. The SMILES string of the molecule is CCC(CC)(CC(=O)O)C(=O)c1cccc([N+](=O)[O-])c1. The van der Waals surface area contributed by atoms with Gasteiger partial charge in [-0.25, -0.2) is 0 Å². The van der Waals surface area contributed by atoms with E-state index in [4.69, 9.17) is 5.11 Å². The molecule has 1 aromatic rings. The van der Waals surface area contributed by atoms with Gasteiger partial charge in [0.1, 0.15) is 0 Å². The molecule has 108 valence electrons. The lowest BCUT2D eigenvalue weighted by Crippen LogP contribution is -2.32. The van der Waals surface area contributed by atoms with E-state index in [1.54, 1.807) is 13.8 Å². The van der Waals surface area contributed by atoms with E-state index in [1.807, 2.05) is 0 Å². The minimum absolute atomic E-state index is 0.174. The Kier molecular flexibility index (Phi) is 4.96. The van der Waals surface area contributed by atoms with Crippen molar-refractivity contribution in [2.45, 2.75) is 33.1 Å². The Labute approximate surface area is 116 Å². The number of carbonyl (C=O) groups is 2. The zero-order valence-electron chi connectivity index (χ0n) is 11.5. The van der Waals surface area contributed by atoms with E-state index in [0.29, 0.717) is 12.8 Å². The smallest absolute Gasteiger partial charge is 0.304 e. The summed E-state index contributed by atoms with van der Waals surface area (Å²) in [5.41, 5.74) is -1.00. The average molecular weight is 279 g/mol. The van der Waals surface area contributed by atoms with E-state index < -0.39 is 16.3 Å². The van der Waals surface area contributed by atoms with Gasteiger partial charge in [0.25, 0.3) is 5.69 Å². The molecule has 0 aliphatic carbocycles. The Morgan fingerprint density at radius 3 is 2.35 bits per heavy atom. The number of non-ortho nitro benzene ring substituents is 1. The maximum Gasteiger partial charge on any atom is 0.304 e. The molecule has 20 heavy (non-hydrogen) atoms. The van der Waals surface area contributed by atoms with Crippen LogP contribution in [-0.4, -0.2) is 21.8 Å². The van der Waals surface area contributed by atoms with Crippen molar-refractivity contribution in [2.75, 3.05) is 0 Å². The van der Waals surface area contributed by atoms with Crippen molar-refractivity contribution in [3.63, 3.8) is 0 Å². The summed E-state index contributed by atoms with van der Waals surface area (Å²) in [6.07, 6.45) is 0.468. The summed E-state index contributed by atoms with van der Waals surface area (Å²) in [4.78, 5) is 33.7. The van der Waals surface area contributed by atoms with Gasteiger partial charge in [0.15, 0.2) is 5.78 Å². The standard InChI is InChI=1S/C14H17NO5/c1-3-14(4-2,9-12(16)17)13(18)10-6-5-7-11(8-10)15(19)20/h5-8H,3-4,9H2,1-2H3,(H,16,17). The number of nitro groups is 1. The second-order valence-corrected chi connectivity index (χ2v) is 4.69. The minimum Gasteiger partial charge on any atom is -0.481 e. The van der Waals surface area contributed by atoms with Crippen LogP contribution in [0.5, 0.6) is 0 Å². The molecule has 1 aromatic carbocycles. The monoisotopic (exact) mass is 279 g/mol. The van der Waals surface area contributed by atoms with Gasteiger partial charge in [0.2, 0.25) is 0 Å². The molecule has 1 N–H and O–H groups in total. The number of nitrogens with zero attached hydrogens (tertiary/aromatic N) is 1. The Morgan fingerprint density at radius 1 is 1.30 bits per heavy atom. The first-order valence-corrected chi connectivity index (χ1v) is 6.37. The zero-order chi connectivity index (χ0) is 15.3. The Hall–Kier alpha value is -2.24. The molecule has 0 unspecified atom stereocenters. The second-order valence-electron chi connectivity index (χ2n) is 4.69. The highest BCUT2D eigenvalue weighted by molar-refractivity contribution is 6.02. The number of carboxylic acid groups (broad SMARTS) is 1. The van der Waals surface area contributed by atoms with Crippen LogP contribution in [0.1, 0.15) is 43.5 Å². The lowest BCUT2D eigenvalue weighted by molar-refractivity contribution is -0.384. The largest absolute Gasteiger partial charge is 0.481 e. The molecule has 0 bridgehead atoms. The van der Waals surface area contributed by atoms with Gasteiger partial charge in [0, 0.05) is 23.1 Å². The third kappa shape index (κ3) is 3.20. The zero-order valence-corrected chi connectivity index (χ0v) is 11.5. The number of nitro benzene ring substituents is 1. The van der Waals surface area contributed by atoms with Crippen LogP contribution in [0.25, 0.3) is 0 Å². The van der Waals surface area contributed by atoms with Crippen molar-refractivity contribution in [1.29, 1.82) is 0 Å². The van der Waals surface area contributed by atoms with Gasteiger partial charge in [-0.3, -0.25) is 19.7 Å². The van der Waals surface area contributed by atoms with E-state index in [9.17, 15) is 19.7 Å². The highest BCUT2D eigenvalue weighted by Gasteiger charge is 2.38. The first kappa shape index (κ1) is 15.8. The van der Waals surface area contributed by atoms with Crippen molar-refractivity contribution in [2.24, 2.45) is 5.41 Å². The van der Waals surface area contributed by atoms with Crippen LogP contribution in [0, 0.1) is 15.5 Å². The van der Waals surface area contributed by atoms with E-state index >= 15 is 0 Å². The number of hydrogen-bond acceptors (Lipinski definition) is 4. The molecular weight excluding hydrogens is 262 g/mol. The molecule has 6 heteroatoms. The van der Waals surface area contributed by atoms with Gasteiger partial charge in [-0.05, 0) is 12.8 Å². The van der Waals surface area contributed by atoms with Crippen LogP contribution in [0.3, 0.4) is 0 Å². The molecule has 0 aromatic heterocycles. The molecule has 0 atom stereocenters. The highest BCUT2D eigenvalue weighted by atomic mass is 16.6. The summed E-state index contributed by atoms with van der Waals surface area (Å²) in [7, 11) is 0. The fraction of sp³-hybridized carbons (Fsp3) is 0.429. The molecular formula is C14H17NO5. The number of aliphatic carboxylic acids is 1. The molecule has 0 amide bonds. The number of ketones is 1. The summed E-state index contributed by atoms with van der Waals surface area (Å²) in [6, 6.07) is 5.41. The van der Waals surface area contributed by atoms with Crippen LogP contribution < -0.4 is 0 Å². The van der Waals surface area contributed by atoms with Gasteiger partial charge in [-0.1, -0.05) is 26.0 Å². The molecule has 0 heterocycles. The van der Waals surface area contributed by atoms with Crippen molar-refractivity contribution < 1.29 is 19.6 Å². The summed E-state index contributed by atoms with van der Waals surface area (Å²) >= 11 is 0. The second kappa shape index (κ2) is 6.27. The van der Waals surface area contributed by atoms with E-state index in [1.165, 1.54) is 24.3 Å². The molecule has 0 aliphatic heterocycles. The molecule has 0 spiro atoms. The number of carboxylic acids is 1. The van der Waals surface area contributed by atoms with Gasteiger partial charge in [-0.15, -0.1) is 0 Å². The molecule has 0 saturated heterocycles. The first-order chi connectivity index (χ1) is 9.36. The van der Waals surface area contributed by atoms with Crippen LogP contribution in [-0.2, 0) is 4.79 Å². The van der Waals surface area contributed by atoms with Gasteiger partial charge >= 0.3 is 5.97 Å². The molecule has 0 fully saturated rings.